The van der Waals surface area contributed by atoms with Crippen LogP contribution in [0.5, 0.6) is 0 Å². The minimum absolute atomic E-state index is 0.159. The monoisotopic (exact) mass is 376 g/mol. The van der Waals surface area contributed by atoms with Crippen LogP contribution in [-0.2, 0) is 27.2 Å². The van der Waals surface area contributed by atoms with E-state index in [-0.39, 0.29) is 18.8 Å². The van der Waals surface area contributed by atoms with Crippen molar-refractivity contribution in [2.75, 3.05) is 0 Å². The second kappa shape index (κ2) is 9.36. The Morgan fingerprint density at radius 2 is 2.07 bits per heavy atom. The molecule has 0 bridgehead atoms. The molecule has 1 aromatic rings. The van der Waals surface area contributed by atoms with Crippen molar-refractivity contribution in [1.29, 1.82) is 0 Å². The lowest BCUT2D eigenvalue weighted by Crippen LogP contribution is -2.48. The van der Waals surface area contributed by atoms with Crippen LogP contribution in [0.3, 0.4) is 0 Å². The molecule has 1 aliphatic rings. The molecule has 0 spiro atoms. The van der Waals surface area contributed by atoms with E-state index in [4.69, 9.17) is 10.9 Å². The summed E-state index contributed by atoms with van der Waals surface area (Å²) < 4.78 is 0. The molecule has 1 aliphatic carbocycles. The standard InChI is InChI=1S/C19H28N4O4/c1-11(2)7-13(9-17(24)23-27)19(26)22-16(18(20)25)10-14-8-12-5-3-4-6-15(12)21-14/h3,5,8,11,13,16,21,27H,4,6-7,9-10H2,1-2H3,(H2,20,25)(H,22,26)(H,23,24)/t13-,16+/m1/s1. The maximum atomic E-state index is 12.6. The van der Waals surface area contributed by atoms with Crippen molar-refractivity contribution in [3.05, 3.63) is 29.1 Å². The quantitative estimate of drug-likeness (QED) is 0.325. The molecule has 8 nitrogen and oxygen atoms in total. The number of carbonyl (C=O) groups is 3. The number of nitrogens with one attached hydrogen (secondary N) is 3. The molecule has 0 radical (unpaired) electrons. The Hall–Kier alpha value is -2.61. The number of allylic oxidation sites excluding steroid dienone is 1. The maximum Gasteiger partial charge on any atom is 0.244 e. The van der Waals surface area contributed by atoms with Crippen molar-refractivity contribution in [1.82, 2.24) is 15.8 Å². The molecule has 2 atom stereocenters. The lowest BCUT2D eigenvalue weighted by Gasteiger charge is -2.21. The van der Waals surface area contributed by atoms with Crippen molar-refractivity contribution in [2.45, 2.75) is 52.0 Å². The third kappa shape index (κ3) is 5.96. The summed E-state index contributed by atoms with van der Waals surface area (Å²) in [5.74, 6) is -2.19. The van der Waals surface area contributed by atoms with E-state index >= 15 is 0 Å². The van der Waals surface area contributed by atoms with Crippen molar-refractivity contribution in [3.8, 4) is 0 Å². The molecular formula is C19H28N4O4. The van der Waals surface area contributed by atoms with Gasteiger partial charge in [-0.3, -0.25) is 19.6 Å². The average molecular weight is 376 g/mol. The summed E-state index contributed by atoms with van der Waals surface area (Å²) in [5, 5.41) is 11.4. The van der Waals surface area contributed by atoms with E-state index in [1.165, 1.54) is 0 Å². The zero-order chi connectivity index (χ0) is 20.0. The van der Waals surface area contributed by atoms with Gasteiger partial charge in [0.25, 0.3) is 0 Å². The molecule has 8 heteroatoms. The number of H-pyrrole nitrogens is 1. The van der Waals surface area contributed by atoms with Crippen LogP contribution < -0.4 is 16.5 Å². The Kier molecular flexibility index (Phi) is 7.18. The molecule has 148 valence electrons. The molecule has 1 aromatic heterocycles. The van der Waals surface area contributed by atoms with E-state index in [0.29, 0.717) is 6.42 Å². The molecule has 0 unspecified atom stereocenters. The van der Waals surface area contributed by atoms with Gasteiger partial charge in [-0.05, 0) is 36.8 Å². The summed E-state index contributed by atoms with van der Waals surface area (Å²) in [4.78, 5) is 39.3. The number of carbonyl (C=O) groups excluding carboxylic acids is 3. The second-order valence-corrected chi connectivity index (χ2v) is 7.40. The number of aromatic amines is 1. The van der Waals surface area contributed by atoms with Gasteiger partial charge < -0.3 is 16.0 Å². The van der Waals surface area contributed by atoms with E-state index in [2.05, 4.69) is 16.4 Å². The smallest absolute Gasteiger partial charge is 0.244 e. The number of fused-ring (bicyclic) bond motifs is 1. The van der Waals surface area contributed by atoms with Gasteiger partial charge in [-0.15, -0.1) is 0 Å². The molecule has 1 heterocycles. The van der Waals surface area contributed by atoms with Gasteiger partial charge in [0.1, 0.15) is 6.04 Å². The number of amides is 3. The summed E-state index contributed by atoms with van der Waals surface area (Å²) in [7, 11) is 0. The first-order valence-corrected chi connectivity index (χ1v) is 9.20. The van der Waals surface area contributed by atoms with Crippen molar-refractivity contribution < 1.29 is 19.6 Å². The fraction of sp³-hybridized carbons (Fsp3) is 0.526. The lowest BCUT2D eigenvalue weighted by molar-refractivity contribution is -0.136. The predicted molar refractivity (Wildman–Crippen MR) is 100 cm³/mol. The minimum Gasteiger partial charge on any atom is -0.368 e. The number of nitrogens with two attached hydrogens (primary N) is 1. The zero-order valence-electron chi connectivity index (χ0n) is 15.7. The van der Waals surface area contributed by atoms with Gasteiger partial charge in [-0.1, -0.05) is 26.0 Å². The maximum absolute atomic E-state index is 12.6. The second-order valence-electron chi connectivity index (χ2n) is 7.40. The van der Waals surface area contributed by atoms with Crippen molar-refractivity contribution >= 4 is 23.8 Å². The fourth-order valence-corrected chi connectivity index (χ4v) is 3.33. The topological polar surface area (TPSA) is 137 Å². The van der Waals surface area contributed by atoms with Crippen LogP contribution in [0.15, 0.2) is 12.1 Å². The van der Waals surface area contributed by atoms with E-state index < -0.39 is 29.7 Å². The average Bonchev–Trinajstić information content (AvgIpc) is 3.02. The third-order valence-corrected chi connectivity index (χ3v) is 4.62. The SMILES string of the molecule is CC(C)C[C@H](CC(=O)NO)C(=O)N[C@@H](Cc1cc2c([nH]1)CCC=C2)C(N)=O. The highest BCUT2D eigenvalue weighted by atomic mass is 16.5. The van der Waals surface area contributed by atoms with Gasteiger partial charge >= 0.3 is 0 Å². The zero-order valence-corrected chi connectivity index (χ0v) is 15.7. The van der Waals surface area contributed by atoms with Crippen LogP contribution in [0, 0.1) is 11.8 Å². The molecule has 3 amide bonds. The summed E-state index contributed by atoms with van der Waals surface area (Å²) in [6, 6.07) is 1.08. The van der Waals surface area contributed by atoms with Crippen LogP contribution in [0.2, 0.25) is 0 Å². The molecule has 0 saturated carbocycles. The molecule has 0 saturated heterocycles. The van der Waals surface area contributed by atoms with Crippen LogP contribution >= 0.6 is 0 Å². The summed E-state index contributed by atoms with van der Waals surface area (Å²) in [6.45, 7) is 3.86. The van der Waals surface area contributed by atoms with Gasteiger partial charge in [-0.25, -0.2) is 5.48 Å². The van der Waals surface area contributed by atoms with Gasteiger partial charge in [0.15, 0.2) is 0 Å². The molecule has 0 aromatic carbocycles. The van der Waals surface area contributed by atoms with Gasteiger partial charge in [0.05, 0.1) is 0 Å². The van der Waals surface area contributed by atoms with Crippen molar-refractivity contribution in [2.24, 2.45) is 17.6 Å². The molecule has 0 aliphatic heterocycles. The number of hydrogen-bond donors (Lipinski definition) is 5. The van der Waals surface area contributed by atoms with Crippen molar-refractivity contribution in [3.63, 3.8) is 0 Å². The highest BCUT2D eigenvalue weighted by Crippen LogP contribution is 2.21. The minimum atomic E-state index is -0.881. The molecular weight excluding hydrogens is 348 g/mol. The van der Waals surface area contributed by atoms with Crippen LogP contribution in [0.25, 0.3) is 6.08 Å². The Balaban J connectivity index is 2.07. The molecule has 6 N–H and O–H groups in total. The highest BCUT2D eigenvalue weighted by Gasteiger charge is 2.27. The number of hydrogen-bond acceptors (Lipinski definition) is 4. The van der Waals surface area contributed by atoms with E-state index in [9.17, 15) is 14.4 Å². The number of aryl methyl sites for hydroxylation is 1. The lowest BCUT2D eigenvalue weighted by atomic mass is 9.92. The van der Waals surface area contributed by atoms with Gasteiger partial charge in [-0.2, -0.15) is 0 Å². The molecule has 27 heavy (non-hydrogen) atoms. The first kappa shape index (κ1) is 20.7. The first-order valence-electron chi connectivity index (χ1n) is 9.20. The fourth-order valence-electron chi connectivity index (χ4n) is 3.33. The number of rotatable bonds is 9. The molecule has 0 fully saturated rings. The summed E-state index contributed by atoms with van der Waals surface area (Å²) in [5.41, 5.74) is 10.0. The largest absolute Gasteiger partial charge is 0.368 e. The van der Waals surface area contributed by atoms with E-state index in [0.717, 1.165) is 29.8 Å². The highest BCUT2D eigenvalue weighted by molar-refractivity contribution is 5.90. The molecule has 2 rings (SSSR count). The van der Waals surface area contributed by atoms with Gasteiger partial charge in [0.2, 0.25) is 17.7 Å². The summed E-state index contributed by atoms with van der Waals surface area (Å²) in [6.07, 6.45) is 6.54. The Morgan fingerprint density at radius 1 is 1.33 bits per heavy atom. The number of aromatic nitrogens is 1. The van der Waals surface area contributed by atoms with E-state index in [1.807, 2.05) is 26.0 Å². The van der Waals surface area contributed by atoms with E-state index in [1.54, 1.807) is 5.48 Å². The number of hydroxylamine groups is 1. The third-order valence-electron chi connectivity index (χ3n) is 4.62. The Bertz CT molecular complexity index is 723. The predicted octanol–water partition coefficient (Wildman–Crippen LogP) is 1.04. The van der Waals surface area contributed by atoms with Crippen LogP contribution in [0.1, 0.15) is 50.1 Å². The van der Waals surface area contributed by atoms with Crippen LogP contribution in [-0.4, -0.2) is 34.0 Å². The summed E-state index contributed by atoms with van der Waals surface area (Å²) >= 11 is 0. The first-order chi connectivity index (χ1) is 12.8. The van der Waals surface area contributed by atoms with Gasteiger partial charge in [0, 0.05) is 30.1 Å². The van der Waals surface area contributed by atoms with Crippen LogP contribution in [0.4, 0.5) is 0 Å². The Labute approximate surface area is 158 Å². The normalized spacial score (nSPS) is 15.1. The Morgan fingerprint density at radius 3 is 2.67 bits per heavy atom. The number of primary amides is 1.